The molecule has 1 amide bonds. The highest BCUT2D eigenvalue weighted by molar-refractivity contribution is 6.07. The molecule has 4 aromatic rings. The van der Waals surface area contributed by atoms with Gasteiger partial charge in [0.2, 0.25) is 5.91 Å². The molecular weight excluding hydrogens is 350 g/mol. The third kappa shape index (κ3) is 3.17. The summed E-state index contributed by atoms with van der Waals surface area (Å²) in [5, 5.41) is 0.963. The lowest BCUT2D eigenvalue weighted by molar-refractivity contribution is -0.129. The minimum atomic E-state index is 0.0154. The second-order valence-electron chi connectivity index (χ2n) is 7.04. The van der Waals surface area contributed by atoms with Crippen molar-refractivity contribution in [3.63, 3.8) is 0 Å². The van der Waals surface area contributed by atoms with E-state index in [-0.39, 0.29) is 5.91 Å². The van der Waals surface area contributed by atoms with Crippen molar-refractivity contribution in [2.24, 2.45) is 0 Å². The largest absolute Gasteiger partial charge is 0.382 e. The summed E-state index contributed by atoms with van der Waals surface area (Å²) in [7, 11) is 0. The molecule has 2 aromatic heterocycles. The van der Waals surface area contributed by atoms with E-state index < -0.39 is 0 Å². The lowest BCUT2D eigenvalue weighted by atomic mass is 10.0. The van der Waals surface area contributed by atoms with E-state index in [2.05, 4.69) is 52.2 Å². The first-order valence-electron chi connectivity index (χ1n) is 9.36. The zero-order valence-corrected chi connectivity index (χ0v) is 16.3. The molecule has 28 heavy (non-hydrogen) atoms. The Bertz CT molecular complexity index is 1180. The molecule has 2 heterocycles. The van der Waals surface area contributed by atoms with Gasteiger partial charge in [0.1, 0.15) is 11.3 Å². The van der Waals surface area contributed by atoms with Crippen molar-refractivity contribution in [3.05, 3.63) is 53.9 Å². The van der Waals surface area contributed by atoms with Gasteiger partial charge in [0.15, 0.2) is 5.82 Å². The van der Waals surface area contributed by atoms with Gasteiger partial charge in [-0.15, -0.1) is 0 Å². The van der Waals surface area contributed by atoms with Gasteiger partial charge in [-0.2, -0.15) is 0 Å². The molecule has 0 aliphatic heterocycles. The number of fused-ring (bicyclic) bond motifs is 3. The summed E-state index contributed by atoms with van der Waals surface area (Å²) in [5.41, 5.74) is 12.0. The van der Waals surface area contributed by atoms with Gasteiger partial charge < -0.3 is 15.6 Å². The quantitative estimate of drug-likeness (QED) is 0.565. The zero-order chi connectivity index (χ0) is 19.8. The summed E-state index contributed by atoms with van der Waals surface area (Å²) >= 11 is 0. The number of amides is 1. The number of carbonyl (C=O) groups excluding carboxylic acids is 1. The van der Waals surface area contributed by atoms with Crippen LogP contribution in [0.2, 0.25) is 0 Å². The monoisotopic (exact) mass is 373 g/mol. The fourth-order valence-electron chi connectivity index (χ4n) is 3.45. The van der Waals surface area contributed by atoms with Crippen LogP contribution in [0.3, 0.4) is 0 Å². The standard InChI is InChI=1S/C22H23N5O/c1-4-27(14(3)28)12-19-25-20-17-10-9-16(15-7-5-13(2)6-8-15)11-18(17)24-22(23)21(20)26-19/h5-11H,4,12H2,1-3H3,(H2,23,24)(H,25,26). The average Bonchev–Trinajstić information content (AvgIpc) is 3.11. The molecule has 4 rings (SSSR count). The molecule has 2 aromatic carbocycles. The number of aromatic amines is 1. The summed E-state index contributed by atoms with van der Waals surface area (Å²) in [6.07, 6.45) is 0. The number of nitrogens with zero attached hydrogens (tertiary/aromatic N) is 3. The molecule has 0 fully saturated rings. The topological polar surface area (TPSA) is 87.9 Å². The van der Waals surface area contributed by atoms with Gasteiger partial charge in [0.25, 0.3) is 0 Å². The van der Waals surface area contributed by atoms with E-state index in [1.54, 1.807) is 11.8 Å². The summed E-state index contributed by atoms with van der Waals surface area (Å²) in [4.78, 5) is 25.9. The third-order valence-electron chi connectivity index (χ3n) is 5.06. The molecule has 0 aliphatic carbocycles. The summed E-state index contributed by atoms with van der Waals surface area (Å²) in [6.45, 7) is 6.63. The molecule has 0 aliphatic rings. The van der Waals surface area contributed by atoms with Crippen LogP contribution >= 0.6 is 0 Å². The zero-order valence-electron chi connectivity index (χ0n) is 16.3. The maximum Gasteiger partial charge on any atom is 0.219 e. The fourth-order valence-corrected chi connectivity index (χ4v) is 3.45. The number of nitrogen functional groups attached to an aromatic ring is 1. The molecule has 6 heteroatoms. The number of nitrogens with one attached hydrogen (secondary N) is 1. The van der Waals surface area contributed by atoms with Gasteiger partial charge in [-0.05, 0) is 31.0 Å². The number of pyridine rings is 1. The van der Waals surface area contributed by atoms with E-state index in [1.807, 2.05) is 19.1 Å². The average molecular weight is 373 g/mol. The molecule has 0 saturated heterocycles. The number of anilines is 1. The number of nitrogens with two attached hydrogens (primary N) is 1. The Morgan fingerprint density at radius 1 is 1.11 bits per heavy atom. The smallest absolute Gasteiger partial charge is 0.219 e. The number of H-pyrrole nitrogens is 1. The summed E-state index contributed by atoms with van der Waals surface area (Å²) in [6, 6.07) is 14.6. The van der Waals surface area contributed by atoms with Crippen LogP contribution in [0.4, 0.5) is 5.82 Å². The van der Waals surface area contributed by atoms with Crippen molar-refractivity contribution in [1.29, 1.82) is 0 Å². The van der Waals surface area contributed by atoms with Crippen LogP contribution in [0.5, 0.6) is 0 Å². The predicted octanol–water partition coefficient (Wildman–Crippen LogP) is 4.04. The first-order chi connectivity index (χ1) is 13.5. The van der Waals surface area contributed by atoms with Crippen LogP contribution in [0.15, 0.2) is 42.5 Å². The molecule has 6 nitrogen and oxygen atoms in total. The van der Waals surface area contributed by atoms with Crippen LogP contribution in [0.25, 0.3) is 33.1 Å². The first kappa shape index (κ1) is 18.0. The van der Waals surface area contributed by atoms with Gasteiger partial charge in [-0.3, -0.25) is 4.79 Å². The Hall–Kier alpha value is -3.41. The number of rotatable bonds is 4. The summed E-state index contributed by atoms with van der Waals surface area (Å²) < 4.78 is 0. The van der Waals surface area contributed by atoms with Gasteiger partial charge in [-0.1, -0.05) is 42.0 Å². The Labute approximate surface area is 163 Å². The minimum Gasteiger partial charge on any atom is -0.382 e. The fraction of sp³-hybridized carbons (Fsp3) is 0.227. The van der Waals surface area contributed by atoms with E-state index in [4.69, 9.17) is 5.73 Å². The lowest BCUT2D eigenvalue weighted by Crippen LogP contribution is -2.28. The molecular formula is C22H23N5O. The Morgan fingerprint density at radius 2 is 1.82 bits per heavy atom. The highest BCUT2D eigenvalue weighted by atomic mass is 16.2. The second-order valence-corrected chi connectivity index (χ2v) is 7.04. The number of hydrogen-bond acceptors (Lipinski definition) is 4. The first-order valence-corrected chi connectivity index (χ1v) is 9.36. The minimum absolute atomic E-state index is 0.0154. The van der Waals surface area contributed by atoms with Gasteiger partial charge >= 0.3 is 0 Å². The number of aryl methyl sites for hydroxylation is 1. The molecule has 0 radical (unpaired) electrons. The van der Waals surface area contributed by atoms with Crippen molar-refractivity contribution in [3.8, 4) is 11.1 Å². The van der Waals surface area contributed by atoms with Crippen molar-refractivity contribution in [2.75, 3.05) is 12.3 Å². The number of imidazole rings is 1. The summed E-state index contributed by atoms with van der Waals surface area (Å²) in [5.74, 6) is 1.11. The molecule has 0 atom stereocenters. The van der Waals surface area contributed by atoms with Gasteiger partial charge in [0.05, 0.1) is 17.6 Å². The molecule has 0 saturated carbocycles. The van der Waals surface area contributed by atoms with Crippen LogP contribution in [-0.4, -0.2) is 32.3 Å². The lowest BCUT2D eigenvalue weighted by Gasteiger charge is -2.16. The maximum absolute atomic E-state index is 11.7. The van der Waals surface area contributed by atoms with E-state index in [9.17, 15) is 4.79 Å². The molecule has 0 bridgehead atoms. The predicted molar refractivity (Wildman–Crippen MR) is 113 cm³/mol. The van der Waals surface area contributed by atoms with E-state index >= 15 is 0 Å². The van der Waals surface area contributed by atoms with E-state index in [1.165, 1.54) is 5.56 Å². The van der Waals surface area contributed by atoms with Crippen LogP contribution < -0.4 is 5.73 Å². The normalized spacial score (nSPS) is 11.2. The third-order valence-corrected chi connectivity index (χ3v) is 5.06. The van der Waals surface area contributed by atoms with Gasteiger partial charge in [0, 0.05) is 18.9 Å². The molecule has 0 unspecified atom stereocenters. The van der Waals surface area contributed by atoms with E-state index in [0.717, 1.165) is 27.5 Å². The Morgan fingerprint density at radius 3 is 2.50 bits per heavy atom. The SMILES string of the molecule is CCN(Cc1nc2c(N)nc3cc(-c4ccc(C)cc4)ccc3c2[nH]1)C(C)=O. The highest BCUT2D eigenvalue weighted by Gasteiger charge is 2.15. The molecule has 142 valence electrons. The number of aromatic nitrogens is 3. The van der Waals surface area contributed by atoms with Gasteiger partial charge in [-0.25, -0.2) is 9.97 Å². The molecule has 0 spiro atoms. The highest BCUT2D eigenvalue weighted by Crippen LogP contribution is 2.30. The number of carbonyl (C=O) groups is 1. The van der Waals surface area contributed by atoms with Crippen molar-refractivity contribution in [2.45, 2.75) is 27.3 Å². The van der Waals surface area contributed by atoms with Crippen LogP contribution in [-0.2, 0) is 11.3 Å². The maximum atomic E-state index is 11.7. The number of benzene rings is 2. The van der Waals surface area contributed by atoms with Crippen LogP contribution in [0, 0.1) is 6.92 Å². The van der Waals surface area contributed by atoms with Crippen LogP contribution in [0.1, 0.15) is 25.2 Å². The Balaban J connectivity index is 1.80. The second kappa shape index (κ2) is 6.96. The Kier molecular flexibility index (Phi) is 4.47. The van der Waals surface area contributed by atoms with Crippen molar-refractivity contribution < 1.29 is 4.79 Å². The molecule has 3 N–H and O–H groups in total. The van der Waals surface area contributed by atoms with Crippen molar-refractivity contribution in [1.82, 2.24) is 19.9 Å². The number of hydrogen-bond donors (Lipinski definition) is 2. The van der Waals surface area contributed by atoms with Crippen molar-refractivity contribution >= 4 is 33.7 Å². The van der Waals surface area contributed by atoms with E-state index in [0.29, 0.717) is 30.2 Å².